The number of benzene rings is 7. The molecular weight excluding hydrogens is 454 g/mol. The van der Waals surface area contributed by atoms with E-state index in [0.29, 0.717) is 0 Å². The van der Waals surface area contributed by atoms with Crippen molar-refractivity contribution < 1.29 is 0 Å². The molecule has 0 unspecified atom stereocenters. The van der Waals surface area contributed by atoms with Gasteiger partial charge in [0.25, 0.3) is 0 Å². The number of para-hydroxylation sites is 1. The van der Waals surface area contributed by atoms with Crippen molar-refractivity contribution in [2.75, 3.05) is 5.32 Å². The Labute approximate surface area is 212 Å². The SMILES string of the molecule is c1ccc(Nc2ccc(-c3cc4ccc5cccc6ccc(c3)c4c56)c3sc4ccccc4c23)cc1. The molecule has 36 heavy (non-hydrogen) atoms. The first-order valence-corrected chi connectivity index (χ1v) is 13.1. The summed E-state index contributed by atoms with van der Waals surface area (Å²) in [5.74, 6) is 0. The van der Waals surface area contributed by atoms with E-state index in [9.17, 15) is 0 Å². The Morgan fingerprint density at radius 3 is 1.94 bits per heavy atom. The predicted molar refractivity (Wildman–Crippen MR) is 158 cm³/mol. The Bertz CT molecular complexity index is 2000. The number of fused-ring (bicyclic) bond motifs is 3. The molecule has 0 radical (unpaired) electrons. The van der Waals surface area contributed by atoms with Crippen LogP contribution in [0.4, 0.5) is 11.4 Å². The highest BCUT2D eigenvalue weighted by atomic mass is 32.1. The van der Waals surface area contributed by atoms with Crippen molar-refractivity contribution in [1.82, 2.24) is 0 Å². The molecule has 2 heteroatoms. The Hall–Kier alpha value is -4.40. The van der Waals surface area contributed by atoms with Gasteiger partial charge in [0.05, 0.1) is 0 Å². The van der Waals surface area contributed by atoms with Crippen LogP contribution in [0.15, 0.2) is 121 Å². The molecule has 168 valence electrons. The molecule has 8 rings (SSSR count). The number of hydrogen-bond acceptors (Lipinski definition) is 2. The van der Waals surface area contributed by atoms with Gasteiger partial charge in [-0.2, -0.15) is 0 Å². The zero-order chi connectivity index (χ0) is 23.6. The van der Waals surface area contributed by atoms with Gasteiger partial charge in [-0.05, 0) is 79.8 Å². The second-order valence-corrected chi connectivity index (χ2v) is 10.5. The number of rotatable bonds is 3. The van der Waals surface area contributed by atoms with Gasteiger partial charge in [0.2, 0.25) is 0 Å². The van der Waals surface area contributed by atoms with Crippen LogP contribution in [0, 0.1) is 0 Å². The van der Waals surface area contributed by atoms with Gasteiger partial charge in [-0.15, -0.1) is 11.3 Å². The summed E-state index contributed by atoms with van der Waals surface area (Å²) < 4.78 is 2.64. The van der Waals surface area contributed by atoms with Gasteiger partial charge >= 0.3 is 0 Å². The molecule has 0 aliphatic heterocycles. The Kier molecular flexibility index (Phi) is 4.16. The Morgan fingerprint density at radius 2 is 1.17 bits per heavy atom. The summed E-state index contributed by atoms with van der Waals surface area (Å²) in [6, 6.07) is 44.1. The van der Waals surface area contributed by atoms with Crippen LogP contribution in [0.25, 0.3) is 63.6 Å². The van der Waals surface area contributed by atoms with Crippen molar-refractivity contribution in [3.8, 4) is 11.1 Å². The van der Waals surface area contributed by atoms with E-state index in [1.807, 2.05) is 11.3 Å². The highest BCUT2D eigenvalue weighted by molar-refractivity contribution is 7.26. The summed E-state index contributed by atoms with van der Waals surface area (Å²) in [5.41, 5.74) is 4.80. The highest BCUT2D eigenvalue weighted by Crippen LogP contribution is 2.45. The van der Waals surface area contributed by atoms with Gasteiger partial charge < -0.3 is 5.32 Å². The van der Waals surface area contributed by atoms with Crippen LogP contribution >= 0.6 is 11.3 Å². The van der Waals surface area contributed by atoms with E-state index >= 15 is 0 Å². The van der Waals surface area contributed by atoms with E-state index in [2.05, 4.69) is 127 Å². The van der Waals surface area contributed by atoms with Crippen LogP contribution in [-0.2, 0) is 0 Å². The average molecular weight is 476 g/mol. The van der Waals surface area contributed by atoms with Crippen LogP contribution in [0.2, 0.25) is 0 Å². The van der Waals surface area contributed by atoms with E-state index in [1.54, 1.807) is 0 Å². The first kappa shape index (κ1) is 19.9. The van der Waals surface area contributed by atoms with Crippen molar-refractivity contribution in [3.63, 3.8) is 0 Å². The first-order chi connectivity index (χ1) is 17.8. The fourth-order valence-corrected chi connectivity index (χ4v) is 7.01. The number of anilines is 2. The molecule has 1 aromatic heterocycles. The lowest BCUT2D eigenvalue weighted by atomic mass is 9.91. The maximum absolute atomic E-state index is 3.68. The van der Waals surface area contributed by atoms with Crippen molar-refractivity contribution in [1.29, 1.82) is 0 Å². The molecule has 0 saturated heterocycles. The highest BCUT2D eigenvalue weighted by Gasteiger charge is 2.16. The molecule has 1 heterocycles. The van der Waals surface area contributed by atoms with Crippen LogP contribution in [0.1, 0.15) is 0 Å². The van der Waals surface area contributed by atoms with Crippen LogP contribution in [0.5, 0.6) is 0 Å². The third-order valence-electron chi connectivity index (χ3n) is 7.35. The van der Waals surface area contributed by atoms with E-state index in [0.717, 1.165) is 11.4 Å². The summed E-state index contributed by atoms with van der Waals surface area (Å²) >= 11 is 1.88. The molecule has 8 aromatic rings. The minimum absolute atomic E-state index is 1.10. The number of hydrogen-bond donors (Lipinski definition) is 1. The normalized spacial score (nSPS) is 11.9. The summed E-state index contributed by atoms with van der Waals surface area (Å²) in [7, 11) is 0. The molecule has 0 aliphatic carbocycles. The quantitative estimate of drug-likeness (QED) is 0.251. The lowest BCUT2D eigenvalue weighted by molar-refractivity contribution is 1.58. The van der Waals surface area contributed by atoms with Gasteiger partial charge in [-0.3, -0.25) is 0 Å². The molecule has 0 spiro atoms. The van der Waals surface area contributed by atoms with Crippen molar-refractivity contribution in [2.45, 2.75) is 0 Å². The number of nitrogens with one attached hydrogen (secondary N) is 1. The smallest absolute Gasteiger partial charge is 0.0479 e. The van der Waals surface area contributed by atoms with Crippen LogP contribution < -0.4 is 5.32 Å². The minimum atomic E-state index is 1.10. The van der Waals surface area contributed by atoms with Crippen LogP contribution in [-0.4, -0.2) is 0 Å². The molecular formula is C34H21NS. The fourth-order valence-electron chi connectivity index (χ4n) is 5.75. The van der Waals surface area contributed by atoms with Crippen molar-refractivity contribution in [3.05, 3.63) is 121 Å². The van der Waals surface area contributed by atoms with Gasteiger partial charge in [0.1, 0.15) is 0 Å². The van der Waals surface area contributed by atoms with Gasteiger partial charge in [0.15, 0.2) is 0 Å². The lowest BCUT2D eigenvalue weighted by Crippen LogP contribution is -1.91. The van der Waals surface area contributed by atoms with Crippen LogP contribution in [0.3, 0.4) is 0 Å². The standard InChI is InChI=1S/C34H21NS/c1-2-9-26(10-3-1)35-29-18-17-27(34-33(29)28-11-4-5-12-30(28)36-34)25-19-23-15-13-21-7-6-8-22-14-16-24(20-25)32(23)31(21)22/h1-20,35H. The maximum Gasteiger partial charge on any atom is 0.0479 e. The first-order valence-electron chi connectivity index (χ1n) is 12.3. The molecule has 7 aromatic carbocycles. The minimum Gasteiger partial charge on any atom is -0.355 e. The molecule has 1 N–H and O–H groups in total. The zero-order valence-electron chi connectivity index (χ0n) is 19.5. The zero-order valence-corrected chi connectivity index (χ0v) is 20.3. The monoisotopic (exact) mass is 475 g/mol. The average Bonchev–Trinajstić information content (AvgIpc) is 3.32. The molecule has 0 fully saturated rings. The van der Waals surface area contributed by atoms with E-state index in [4.69, 9.17) is 0 Å². The van der Waals surface area contributed by atoms with Gasteiger partial charge in [0, 0.05) is 31.5 Å². The molecule has 0 atom stereocenters. The predicted octanol–water partition coefficient (Wildman–Crippen LogP) is 10.4. The summed E-state index contributed by atoms with van der Waals surface area (Å²) in [5, 5.41) is 14.2. The largest absolute Gasteiger partial charge is 0.355 e. The fraction of sp³-hybridized carbons (Fsp3) is 0. The van der Waals surface area contributed by atoms with E-state index < -0.39 is 0 Å². The van der Waals surface area contributed by atoms with E-state index in [-0.39, 0.29) is 0 Å². The summed E-state index contributed by atoms with van der Waals surface area (Å²) in [4.78, 5) is 0. The van der Waals surface area contributed by atoms with Gasteiger partial charge in [-0.25, -0.2) is 0 Å². The van der Waals surface area contributed by atoms with Crippen molar-refractivity contribution >= 4 is 75.2 Å². The van der Waals surface area contributed by atoms with E-state index in [1.165, 1.54) is 63.6 Å². The van der Waals surface area contributed by atoms with Crippen molar-refractivity contribution in [2.24, 2.45) is 0 Å². The molecule has 0 amide bonds. The third kappa shape index (κ3) is 2.89. The molecule has 1 nitrogen and oxygen atoms in total. The molecule has 0 saturated carbocycles. The number of thiophene rings is 1. The Balaban J connectivity index is 1.41. The van der Waals surface area contributed by atoms with Gasteiger partial charge in [-0.1, -0.05) is 84.9 Å². The molecule has 0 bridgehead atoms. The summed E-state index contributed by atoms with van der Waals surface area (Å²) in [6.45, 7) is 0. The second-order valence-electron chi connectivity index (χ2n) is 9.46. The second kappa shape index (κ2) is 7.55. The molecule has 0 aliphatic rings. The summed E-state index contributed by atoms with van der Waals surface area (Å²) in [6.07, 6.45) is 0. The third-order valence-corrected chi connectivity index (χ3v) is 8.56. The Morgan fingerprint density at radius 1 is 0.500 bits per heavy atom. The lowest BCUT2D eigenvalue weighted by Gasteiger charge is -2.14. The topological polar surface area (TPSA) is 12.0 Å². The maximum atomic E-state index is 3.68.